The minimum Gasteiger partial charge on any atom is -0.423 e. The monoisotopic (exact) mass is 288 g/mol. The fraction of sp³-hybridized carbons (Fsp3) is 0. The second-order valence-electron chi connectivity index (χ2n) is 2.83. The first-order valence-electron chi connectivity index (χ1n) is 3.86. The third-order valence-electron chi connectivity index (χ3n) is 1.97. The van der Waals surface area contributed by atoms with Crippen LogP contribution in [0.1, 0.15) is 0 Å². The number of benzene rings is 1. The lowest BCUT2D eigenvalue weighted by Crippen LogP contribution is -2.31. The molecule has 0 saturated carbocycles. The van der Waals surface area contributed by atoms with E-state index >= 15 is 0 Å². The van der Waals surface area contributed by atoms with E-state index in [4.69, 9.17) is 0 Å². The smallest absolute Gasteiger partial charge is 0.423 e. The average Bonchev–Trinajstić information content (AvgIpc) is 2.52. The van der Waals surface area contributed by atoms with Crippen molar-refractivity contribution in [3.05, 3.63) is 22.0 Å². The molecule has 2 aromatic rings. The predicted molar refractivity (Wildman–Crippen MR) is 66.6 cm³/mol. The summed E-state index contributed by atoms with van der Waals surface area (Å²) in [4.78, 5) is 0.711. The standard InChI is InChI=1S/C8H6BBrO2S2/c10-8-5(13)3-6-4(1-2-14-6)7(8)9(11)12/h1-3,11-13H. The van der Waals surface area contributed by atoms with Gasteiger partial charge in [-0.05, 0) is 38.8 Å². The van der Waals surface area contributed by atoms with Gasteiger partial charge in [0, 0.05) is 19.5 Å². The van der Waals surface area contributed by atoms with Crippen LogP contribution in [0.5, 0.6) is 0 Å². The molecule has 0 spiro atoms. The van der Waals surface area contributed by atoms with Gasteiger partial charge in [0.1, 0.15) is 0 Å². The highest BCUT2D eigenvalue weighted by Gasteiger charge is 2.20. The summed E-state index contributed by atoms with van der Waals surface area (Å²) in [6.45, 7) is 0. The zero-order valence-corrected chi connectivity index (χ0v) is 10.2. The second kappa shape index (κ2) is 3.86. The van der Waals surface area contributed by atoms with Gasteiger partial charge in [-0.3, -0.25) is 0 Å². The van der Waals surface area contributed by atoms with Crippen molar-refractivity contribution in [2.75, 3.05) is 0 Å². The Balaban J connectivity index is 2.86. The fourth-order valence-electron chi connectivity index (χ4n) is 1.35. The summed E-state index contributed by atoms with van der Waals surface area (Å²) in [6.07, 6.45) is 0. The molecule has 0 aliphatic heterocycles. The molecule has 0 radical (unpaired) electrons. The molecule has 6 heteroatoms. The largest absolute Gasteiger partial charge is 0.490 e. The number of rotatable bonds is 1. The van der Waals surface area contributed by atoms with E-state index in [1.807, 2.05) is 17.5 Å². The van der Waals surface area contributed by atoms with Crippen molar-refractivity contribution in [2.45, 2.75) is 4.90 Å². The van der Waals surface area contributed by atoms with Gasteiger partial charge in [-0.25, -0.2) is 0 Å². The minimum atomic E-state index is -1.48. The number of thiol groups is 1. The second-order valence-corrected chi connectivity index (χ2v) is 5.05. The SMILES string of the molecule is OB(O)c1c(Br)c(S)cc2sccc12. The Labute approximate surface area is 99.3 Å². The van der Waals surface area contributed by atoms with Gasteiger partial charge in [-0.2, -0.15) is 0 Å². The molecular formula is C8H6BBrO2S2. The molecule has 0 bridgehead atoms. The molecule has 1 heterocycles. The van der Waals surface area contributed by atoms with Crippen LogP contribution in [0.3, 0.4) is 0 Å². The lowest BCUT2D eigenvalue weighted by Gasteiger charge is -2.07. The highest BCUT2D eigenvalue weighted by atomic mass is 79.9. The van der Waals surface area contributed by atoms with Gasteiger partial charge in [0.2, 0.25) is 0 Å². The zero-order chi connectivity index (χ0) is 10.3. The highest BCUT2D eigenvalue weighted by molar-refractivity contribution is 9.10. The molecule has 0 aliphatic carbocycles. The molecule has 72 valence electrons. The van der Waals surface area contributed by atoms with Crippen LogP contribution in [0, 0.1) is 0 Å². The first kappa shape index (κ1) is 10.5. The van der Waals surface area contributed by atoms with Crippen molar-refractivity contribution in [1.82, 2.24) is 0 Å². The van der Waals surface area contributed by atoms with Gasteiger partial charge in [-0.15, -0.1) is 24.0 Å². The number of hydrogen-bond acceptors (Lipinski definition) is 4. The molecule has 0 fully saturated rings. The molecule has 2 nitrogen and oxygen atoms in total. The van der Waals surface area contributed by atoms with Gasteiger partial charge in [-0.1, -0.05) is 0 Å². The molecule has 1 aromatic heterocycles. The van der Waals surface area contributed by atoms with Crippen molar-refractivity contribution in [3.63, 3.8) is 0 Å². The number of hydrogen-bond donors (Lipinski definition) is 3. The summed E-state index contributed by atoms with van der Waals surface area (Å²) in [5.41, 5.74) is 0.480. The molecular weight excluding hydrogens is 283 g/mol. The summed E-state index contributed by atoms with van der Waals surface area (Å²) in [5, 5.41) is 21.3. The third kappa shape index (κ3) is 1.61. The van der Waals surface area contributed by atoms with Crippen molar-refractivity contribution < 1.29 is 10.0 Å². The summed E-state index contributed by atoms with van der Waals surface area (Å²) in [6, 6.07) is 3.77. The van der Waals surface area contributed by atoms with Gasteiger partial charge >= 0.3 is 7.12 Å². The van der Waals surface area contributed by atoms with E-state index in [9.17, 15) is 10.0 Å². The predicted octanol–water partition coefficient (Wildman–Crippen LogP) is 1.63. The summed E-state index contributed by atoms with van der Waals surface area (Å²) in [5.74, 6) is 0. The van der Waals surface area contributed by atoms with Crippen molar-refractivity contribution in [2.24, 2.45) is 0 Å². The number of fused-ring (bicyclic) bond motifs is 1. The van der Waals surface area contributed by atoms with Crippen LogP contribution in [0.2, 0.25) is 0 Å². The maximum Gasteiger partial charge on any atom is 0.490 e. The molecule has 0 saturated heterocycles. The van der Waals surface area contributed by atoms with E-state index in [2.05, 4.69) is 28.6 Å². The van der Waals surface area contributed by atoms with E-state index in [1.165, 1.54) is 0 Å². The fourth-order valence-corrected chi connectivity index (χ4v) is 3.06. The van der Waals surface area contributed by atoms with E-state index in [0.29, 0.717) is 14.8 Å². The molecule has 1 aromatic carbocycles. The quantitative estimate of drug-likeness (QED) is 0.551. The third-order valence-corrected chi connectivity index (χ3v) is 4.35. The van der Waals surface area contributed by atoms with Crippen LogP contribution in [-0.2, 0) is 0 Å². The first-order chi connectivity index (χ1) is 6.61. The van der Waals surface area contributed by atoms with Gasteiger partial charge in [0.05, 0.1) is 0 Å². The maximum atomic E-state index is 9.24. The minimum absolute atomic E-state index is 0.480. The Hall–Kier alpha value is -0.00506. The molecule has 2 rings (SSSR count). The van der Waals surface area contributed by atoms with E-state index < -0.39 is 7.12 Å². The average molecular weight is 289 g/mol. The van der Waals surface area contributed by atoms with E-state index in [1.54, 1.807) is 11.3 Å². The first-order valence-corrected chi connectivity index (χ1v) is 5.98. The van der Waals surface area contributed by atoms with Crippen LogP contribution < -0.4 is 5.46 Å². The lowest BCUT2D eigenvalue weighted by molar-refractivity contribution is 0.426. The van der Waals surface area contributed by atoms with Crippen LogP contribution >= 0.6 is 39.9 Å². The Morgan fingerprint density at radius 1 is 1.43 bits per heavy atom. The summed E-state index contributed by atoms with van der Waals surface area (Å²) < 4.78 is 1.64. The molecule has 0 aliphatic rings. The number of thiophene rings is 1. The van der Waals surface area contributed by atoms with Crippen molar-refractivity contribution in [3.8, 4) is 0 Å². The maximum absolute atomic E-state index is 9.24. The van der Waals surface area contributed by atoms with Crippen LogP contribution in [-0.4, -0.2) is 17.2 Å². The van der Waals surface area contributed by atoms with Gasteiger partial charge in [0.15, 0.2) is 0 Å². The molecule has 0 atom stereocenters. The summed E-state index contributed by atoms with van der Waals surface area (Å²) >= 11 is 9.10. The Kier molecular flexibility index (Phi) is 2.90. The highest BCUT2D eigenvalue weighted by Crippen LogP contribution is 2.28. The number of halogens is 1. The normalized spacial score (nSPS) is 10.9. The Morgan fingerprint density at radius 2 is 2.14 bits per heavy atom. The van der Waals surface area contributed by atoms with Crippen LogP contribution in [0.25, 0.3) is 10.1 Å². The Morgan fingerprint density at radius 3 is 2.79 bits per heavy atom. The Bertz CT molecular complexity index is 483. The van der Waals surface area contributed by atoms with Crippen LogP contribution in [0.15, 0.2) is 26.9 Å². The summed E-state index contributed by atoms with van der Waals surface area (Å²) in [7, 11) is -1.48. The molecule has 2 N–H and O–H groups in total. The topological polar surface area (TPSA) is 40.5 Å². The zero-order valence-electron chi connectivity index (χ0n) is 6.94. The molecule has 14 heavy (non-hydrogen) atoms. The lowest BCUT2D eigenvalue weighted by atomic mass is 9.78. The van der Waals surface area contributed by atoms with Gasteiger partial charge in [0.25, 0.3) is 0 Å². The van der Waals surface area contributed by atoms with E-state index in [-0.39, 0.29) is 0 Å². The molecule has 0 unspecified atom stereocenters. The van der Waals surface area contributed by atoms with Gasteiger partial charge < -0.3 is 10.0 Å². The van der Waals surface area contributed by atoms with Crippen LogP contribution in [0.4, 0.5) is 0 Å². The van der Waals surface area contributed by atoms with Crippen molar-refractivity contribution >= 4 is 62.6 Å². The van der Waals surface area contributed by atoms with Crippen molar-refractivity contribution in [1.29, 1.82) is 0 Å². The van der Waals surface area contributed by atoms with E-state index in [0.717, 1.165) is 10.1 Å². The molecule has 0 amide bonds.